The summed E-state index contributed by atoms with van der Waals surface area (Å²) >= 11 is 0. The van der Waals surface area contributed by atoms with E-state index < -0.39 is 0 Å². The minimum absolute atomic E-state index is 0.0604. The van der Waals surface area contributed by atoms with Crippen molar-refractivity contribution in [1.82, 2.24) is 20.4 Å². The lowest BCUT2D eigenvalue weighted by molar-refractivity contribution is -0.121. The maximum absolute atomic E-state index is 12.2. The van der Waals surface area contributed by atoms with Crippen LogP contribution in [0.5, 0.6) is 5.75 Å². The average Bonchev–Trinajstić information content (AvgIpc) is 3.27. The van der Waals surface area contributed by atoms with Crippen LogP contribution in [-0.4, -0.2) is 27.1 Å². The second-order valence-corrected chi connectivity index (χ2v) is 7.56. The van der Waals surface area contributed by atoms with Gasteiger partial charge in [0.15, 0.2) is 0 Å². The fourth-order valence-electron chi connectivity index (χ4n) is 3.58. The lowest BCUT2D eigenvalue weighted by Gasteiger charge is -2.23. The zero-order valence-corrected chi connectivity index (χ0v) is 16.9. The molecule has 0 saturated heterocycles. The number of aromatic nitrogens is 3. The van der Waals surface area contributed by atoms with E-state index in [2.05, 4.69) is 20.4 Å². The van der Waals surface area contributed by atoms with Crippen LogP contribution < -0.4 is 10.1 Å². The van der Waals surface area contributed by atoms with Gasteiger partial charge in [0, 0.05) is 37.3 Å². The first-order chi connectivity index (χ1) is 14.8. The summed E-state index contributed by atoms with van der Waals surface area (Å²) in [5.41, 5.74) is 1.81. The van der Waals surface area contributed by atoms with Gasteiger partial charge in [0.1, 0.15) is 5.75 Å². The molecule has 1 amide bonds. The number of nitrogens with one attached hydrogen (secondary N) is 1. The predicted octanol–water partition coefficient (Wildman–Crippen LogP) is 4.09. The van der Waals surface area contributed by atoms with E-state index in [4.69, 9.17) is 9.26 Å². The number of benzene rings is 1. The molecule has 0 radical (unpaired) electrons. The summed E-state index contributed by atoms with van der Waals surface area (Å²) in [5.74, 6) is 1.73. The molecule has 0 unspecified atom stereocenters. The summed E-state index contributed by atoms with van der Waals surface area (Å²) in [5, 5.41) is 6.89. The fraction of sp³-hybridized carbons (Fsp3) is 0.391. The van der Waals surface area contributed by atoms with Crippen molar-refractivity contribution in [1.29, 1.82) is 0 Å². The summed E-state index contributed by atoms with van der Waals surface area (Å²) < 4.78 is 11.3. The molecule has 1 aromatic carbocycles. The number of hydrogen-bond donors (Lipinski definition) is 1. The van der Waals surface area contributed by atoms with Crippen LogP contribution in [0, 0.1) is 0 Å². The van der Waals surface area contributed by atoms with Gasteiger partial charge in [-0.05, 0) is 55.5 Å². The van der Waals surface area contributed by atoms with Crippen molar-refractivity contribution in [2.24, 2.45) is 0 Å². The normalized spacial score (nSPS) is 14.4. The second-order valence-electron chi connectivity index (χ2n) is 7.56. The van der Waals surface area contributed by atoms with Crippen LogP contribution in [-0.2, 0) is 17.8 Å². The zero-order valence-electron chi connectivity index (χ0n) is 16.9. The van der Waals surface area contributed by atoms with Crippen molar-refractivity contribution < 1.29 is 14.1 Å². The summed E-state index contributed by atoms with van der Waals surface area (Å²) in [4.78, 5) is 20.6. The Kier molecular flexibility index (Phi) is 6.69. The summed E-state index contributed by atoms with van der Waals surface area (Å²) in [7, 11) is 0. The van der Waals surface area contributed by atoms with Crippen molar-refractivity contribution in [3.63, 3.8) is 0 Å². The number of carbonyl (C=O) groups excluding carboxylic acids is 1. The summed E-state index contributed by atoms with van der Waals surface area (Å²) in [6, 6.07) is 11.6. The first kappa shape index (κ1) is 20.1. The van der Waals surface area contributed by atoms with Gasteiger partial charge in [-0.1, -0.05) is 23.7 Å². The SMILES string of the molecule is O=C(CCc1nc(-c2cccnc2)no1)NCc1cccc(OC2CCCCC2)c1. The molecule has 1 N–H and O–H groups in total. The molecule has 0 bridgehead atoms. The predicted molar refractivity (Wildman–Crippen MR) is 112 cm³/mol. The lowest BCUT2D eigenvalue weighted by atomic mass is 9.98. The van der Waals surface area contributed by atoms with Crippen molar-refractivity contribution >= 4 is 5.91 Å². The molecule has 30 heavy (non-hydrogen) atoms. The van der Waals surface area contributed by atoms with Crippen LogP contribution in [0.2, 0.25) is 0 Å². The molecule has 0 atom stereocenters. The van der Waals surface area contributed by atoms with Gasteiger partial charge in [-0.2, -0.15) is 4.98 Å². The maximum atomic E-state index is 12.2. The average molecular weight is 406 g/mol. The smallest absolute Gasteiger partial charge is 0.227 e. The molecule has 1 aliphatic rings. The molecule has 2 heterocycles. The third kappa shape index (κ3) is 5.65. The number of aryl methyl sites for hydroxylation is 1. The van der Waals surface area contributed by atoms with Crippen LogP contribution in [0.15, 0.2) is 53.3 Å². The molecule has 1 saturated carbocycles. The fourth-order valence-corrected chi connectivity index (χ4v) is 3.58. The number of amides is 1. The van der Waals surface area contributed by atoms with E-state index in [-0.39, 0.29) is 12.3 Å². The zero-order chi connectivity index (χ0) is 20.6. The number of hydrogen-bond acceptors (Lipinski definition) is 6. The van der Waals surface area contributed by atoms with Crippen molar-refractivity contribution in [2.75, 3.05) is 0 Å². The van der Waals surface area contributed by atoms with Crippen LogP contribution in [0.25, 0.3) is 11.4 Å². The van der Waals surface area contributed by atoms with Gasteiger partial charge >= 0.3 is 0 Å². The van der Waals surface area contributed by atoms with E-state index in [1.54, 1.807) is 12.4 Å². The number of carbonyl (C=O) groups is 1. The summed E-state index contributed by atoms with van der Waals surface area (Å²) in [6.07, 6.45) is 10.4. The van der Waals surface area contributed by atoms with Gasteiger partial charge < -0.3 is 14.6 Å². The Balaban J connectivity index is 1.23. The highest BCUT2D eigenvalue weighted by molar-refractivity contribution is 5.76. The van der Waals surface area contributed by atoms with E-state index in [1.807, 2.05) is 36.4 Å². The van der Waals surface area contributed by atoms with Crippen LogP contribution in [0.4, 0.5) is 0 Å². The van der Waals surface area contributed by atoms with Gasteiger partial charge in [-0.3, -0.25) is 9.78 Å². The number of ether oxygens (including phenoxy) is 1. The Bertz CT molecular complexity index is 952. The molecule has 7 nitrogen and oxygen atoms in total. The first-order valence-corrected chi connectivity index (χ1v) is 10.5. The van der Waals surface area contributed by atoms with Crippen LogP contribution >= 0.6 is 0 Å². The van der Waals surface area contributed by atoms with E-state index in [1.165, 1.54) is 19.3 Å². The quantitative estimate of drug-likeness (QED) is 0.606. The highest BCUT2D eigenvalue weighted by Crippen LogP contribution is 2.24. The monoisotopic (exact) mass is 406 g/mol. The van der Waals surface area contributed by atoms with Crippen molar-refractivity contribution in [3.8, 4) is 17.1 Å². The molecule has 7 heteroatoms. The molecule has 0 spiro atoms. The Hall–Kier alpha value is -3.22. The van der Waals surface area contributed by atoms with E-state index >= 15 is 0 Å². The minimum Gasteiger partial charge on any atom is -0.490 e. The maximum Gasteiger partial charge on any atom is 0.227 e. The molecule has 1 fully saturated rings. The molecular weight excluding hydrogens is 380 g/mol. The van der Waals surface area contributed by atoms with Gasteiger partial charge in [-0.25, -0.2) is 0 Å². The van der Waals surface area contributed by atoms with Gasteiger partial charge in [0.2, 0.25) is 17.6 Å². The largest absolute Gasteiger partial charge is 0.490 e. The third-order valence-electron chi connectivity index (χ3n) is 5.20. The number of pyridine rings is 1. The van der Waals surface area contributed by atoms with Crippen molar-refractivity contribution in [2.45, 2.75) is 57.6 Å². The first-order valence-electron chi connectivity index (χ1n) is 10.5. The van der Waals surface area contributed by atoms with Crippen LogP contribution in [0.1, 0.15) is 50.0 Å². The molecule has 156 valence electrons. The van der Waals surface area contributed by atoms with E-state index in [9.17, 15) is 4.79 Å². The Morgan fingerprint density at radius 1 is 1.17 bits per heavy atom. The number of rotatable bonds is 8. The summed E-state index contributed by atoms with van der Waals surface area (Å²) in [6.45, 7) is 0.464. The van der Waals surface area contributed by atoms with Gasteiger partial charge in [0.25, 0.3) is 0 Å². The molecule has 3 aromatic rings. The van der Waals surface area contributed by atoms with Gasteiger partial charge in [-0.15, -0.1) is 0 Å². The van der Waals surface area contributed by atoms with E-state index in [0.29, 0.717) is 30.8 Å². The number of nitrogens with zero attached hydrogens (tertiary/aromatic N) is 3. The highest BCUT2D eigenvalue weighted by Gasteiger charge is 2.15. The topological polar surface area (TPSA) is 90.1 Å². The van der Waals surface area contributed by atoms with E-state index in [0.717, 1.165) is 29.7 Å². The third-order valence-corrected chi connectivity index (χ3v) is 5.20. The Labute approximate surface area is 175 Å². The Morgan fingerprint density at radius 3 is 2.90 bits per heavy atom. The standard InChI is InChI=1S/C23H26N4O3/c28-21(11-12-22-26-23(27-30-22)18-7-5-13-24-16-18)25-15-17-6-4-10-20(14-17)29-19-8-2-1-3-9-19/h4-7,10,13-14,16,19H,1-3,8-9,11-12,15H2,(H,25,28). The second kappa shape index (κ2) is 10.0. The molecule has 4 rings (SSSR count). The highest BCUT2D eigenvalue weighted by atomic mass is 16.5. The molecular formula is C23H26N4O3. The van der Waals surface area contributed by atoms with Gasteiger partial charge in [0.05, 0.1) is 6.10 Å². The molecule has 2 aromatic heterocycles. The lowest BCUT2D eigenvalue weighted by Crippen LogP contribution is -2.23. The molecule has 1 aliphatic carbocycles. The Morgan fingerprint density at radius 2 is 2.07 bits per heavy atom. The van der Waals surface area contributed by atoms with Crippen LogP contribution in [0.3, 0.4) is 0 Å². The molecule has 0 aliphatic heterocycles. The minimum atomic E-state index is -0.0604. The van der Waals surface area contributed by atoms with Crippen molar-refractivity contribution in [3.05, 3.63) is 60.2 Å².